The Balaban J connectivity index is 4.05. The van der Waals surface area contributed by atoms with Gasteiger partial charge in [0, 0.05) is 26.4 Å². The Kier molecular flexibility index (Phi) is 40.3. The Hall–Kier alpha value is -0.490. The number of unbranched alkanes of at least 4 members (excludes halogenated alkanes) is 24. The summed E-state index contributed by atoms with van der Waals surface area (Å²) in [6.45, 7) is 9.32. The van der Waals surface area contributed by atoms with Gasteiger partial charge in [0.15, 0.2) is 0 Å². The molecule has 0 aromatic heterocycles. The second-order valence-electron chi connectivity index (χ2n) is 15.1. The van der Waals surface area contributed by atoms with Crippen LogP contribution in [0.2, 0.25) is 0 Å². The van der Waals surface area contributed by atoms with Gasteiger partial charge in [-0.15, -0.1) is 0 Å². The number of hydrogen-bond donors (Lipinski definition) is 0. The second kappa shape index (κ2) is 40.7. The maximum atomic E-state index is 12.8. The smallest absolute Gasteiger partial charge is 0.327 e. The molecule has 304 valence electrons. The largest absolute Gasteiger partial charge is 0.379 e. The summed E-state index contributed by atoms with van der Waals surface area (Å²) in [4.78, 5) is 2.00. The monoisotopic (exact) mass is 742 g/mol. The van der Waals surface area contributed by atoms with Gasteiger partial charge in [0.05, 0.1) is 19.8 Å². The third-order valence-corrected chi connectivity index (χ3v) is 10.7. The lowest BCUT2D eigenvalue weighted by molar-refractivity contribution is -0.0410. The maximum Gasteiger partial charge on any atom is 0.327 e. The molecule has 0 aromatic rings. The quantitative estimate of drug-likeness (QED) is 0.0353. The molecule has 6 nitrogen and oxygen atoms in total. The van der Waals surface area contributed by atoms with E-state index >= 15 is 0 Å². The first-order chi connectivity index (χ1) is 24.9. The first-order valence-corrected chi connectivity index (χ1v) is 23.9. The van der Waals surface area contributed by atoms with E-state index in [1.165, 1.54) is 167 Å². The van der Waals surface area contributed by atoms with Gasteiger partial charge >= 0.3 is 7.60 Å². The van der Waals surface area contributed by atoms with Gasteiger partial charge in [-0.1, -0.05) is 154 Å². The van der Waals surface area contributed by atoms with Gasteiger partial charge in [-0.05, 0) is 78.3 Å². The topological polar surface area (TPSA) is 57.2 Å². The van der Waals surface area contributed by atoms with E-state index in [0.29, 0.717) is 26.4 Å². The van der Waals surface area contributed by atoms with E-state index in [1.807, 2.05) is 19.0 Å². The van der Waals surface area contributed by atoms with Crippen molar-refractivity contribution in [2.75, 3.05) is 60.3 Å². The molecular weight excluding hydrogens is 653 g/mol. The van der Waals surface area contributed by atoms with E-state index in [9.17, 15) is 4.57 Å². The van der Waals surface area contributed by atoms with Crippen LogP contribution in [0.1, 0.15) is 194 Å². The highest BCUT2D eigenvalue weighted by molar-refractivity contribution is 7.52. The van der Waals surface area contributed by atoms with E-state index < -0.39 is 7.60 Å². The molecule has 2 atom stereocenters. The Morgan fingerprint density at radius 3 is 1.31 bits per heavy atom. The average Bonchev–Trinajstić information content (AvgIpc) is 3.10. The van der Waals surface area contributed by atoms with Crippen LogP contribution in [0, 0.1) is 0 Å². The van der Waals surface area contributed by atoms with E-state index in [0.717, 1.165) is 19.4 Å². The summed E-state index contributed by atoms with van der Waals surface area (Å²) in [7, 11) is 0.813. The van der Waals surface area contributed by atoms with Crippen LogP contribution < -0.4 is 0 Å². The molecule has 0 N–H and O–H groups in total. The van der Waals surface area contributed by atoms with Gasteiger partial charge < -0.3 is 23.4 Å². The standard InChI is InChI=1S/C44H88NO5P/c1-6-8-10-12-14-16-18-20-22-24-26-28-30-32-34-36-39-47-42-44(43-50-51(5,46)49-41-38-45(3)4)48-40-37-35-33-31-29-27-25-23-21-19-17-15-13-11-9-7-2/h20-23,44H,6-19,24-43H2,1-5H3. The van der Waals surface area contributed by atoms with Crippen molar-refractivity contribution in [3.63, 3.8) is 0 Å². The SMILES string of the molecule is CCCCCCCCC=CCCCCCCCCOCC(COP(C)(=O)OCCN(C)C)OCCCCCCCCC=CCCCCCCCC. The molecule has 0 spiro atoms. The minimum absolute atomic E-state index is 0.229. The lowest BCUT2D eigenvalue weighted by Gasteiger charge is -2.21. The summed E-state index contributed by atoms with van der Waals surface area (Å²) >= 11 is 0. The molecule has 0 saturated heterocycles. The molecule has 0 radical (unpaired) electrons. The van der Waals surface area contributed by atoms with E-state index in [1.54, 1.807) is 6.66 Å². The maximum absolute atomic E-state index is 12.8. The summed E-state index contributed by atoms with van der Waals surface area (Å²) in [6, 6.07) is 0. The van der Waals surface area contributed by atoms with Gasteiger partial charge in [-0.2, -0.15) is 0 Å². The molecule has 0 aliphatic heterocycles. The number of hydrogen-bond acceptors (Lipinski definition) is 6. The summed E-state index contributed by atoms with van der Waals surface area (Å²) in [5.41, 5.74) is 0. The fourth-order valence-electron chi connectivity index (χ4n) is 6.06. The van der Waals surface area contributed by atoms with Crippen LogP contribution in [0.3, 0.4) is 0 Å². The zero-order valence-corrected chi connectivity index (χ0v) is 35.8. The molecule has 2 unspecified atom stereocenters. The molecular formula is C44H88NO5P. The number of nitrogens with zero attached hydrogens (tertiary/aromatic N) is 1. The fourth-order valence-corrected chi connectivity index (χ4v) is 6.98. The predicted octanol–water partition coefficient (Wildman–Crippen LogP) is 13.9. The molecule has 0 saturated carbocycles. The number of likely N-dealkylation sites (N-methyl/N-ethyl adjacent to an activating group) is 1. The van der Waals surface area contributed by atoms with Crippen LogP contribution in [-0.4, -0.2) is 71.3 Å². The first kappa shape index (κ1) is 50.5. The molecule has 0 rings (SSSR count). The third kappa shape index (κ3) is 42.1. The summed E-state index contributed by atoms with van der Waals surface area (Å²) in [6.07, 6.45) is 45.7. The molecule has 51 heavy (non-hydrogen) atoms. The Bertz CT molecular complexity index is 789. The van der Waals surface area contributed by atoms with Crippen molar-refractivity contribution >= 4 is 7.60 Å². The number of allylic oxidation sites excluding steroid dienone is 4. The molecule has 0 aliphatic rings. The lowest BCUT2D eigenvalue weighted by Crippen LogP contribution is -2.26. The van der Waals surface area contributed by atoms with Crippen LogP contribution in [0.25, 0.3) is 0 Å². The highest BCUT2D eigenvalue weighted by Gasteiger charge is 2.21. The summed E-state index contributed by atoms with van der Waals surface area (Å²) in [5, 5.41) is 0. The van der Waals surface area contributed by atoms with Crippen molar-refractivity contribution in [3.8, 4) is 0 Å². The van der Waals surface area contributed by atoms with Gasteiger partial charge in [0.2, 0.25) is 0 Å². The van der Waals surface area contributed by atoms with Crippen molar-refractivity contribution in [1.82, 2.24) is 4.90 Å². The van der Waals surface area contributed by atoms with E-state index in [2.05, 4.69) is 38.2 Å². The fraction of sp³-hybridized carbons (Fsp3) is 0.909. The van der Waals surface area contributed by atoms with E-state index in [4.69, 9.17) is 18.5 Å². The zero-order valence-electron chi connectivity index (χ0n) is 34.9. The highest BCUT2D eigenvalue weighted by Crippen LogP contribution is 2.43. The predicted molar refractivity (Wildman–Crippen MR) is 223 cm³/mol. The zero-order chi connectivity index (χ0) is 37.4. The molecule has 0 heterocycles. The Labute approximate surface area is 319 Å². The van der Waals surface area contributed by atoms with Crippen molar-refractivity contribution in [2.45, 2.75) is 200 Å². The minimum Gasteiger partial charge on any atom is -0.379 e. The Morgan fingerprint density at radius 2 is 0.882 bits per heavy atom. The first-order valence-electron chi connectivity index (χ1n) is 21.9. The van der Waals surface area contributed by atoms with Crippen molar-refractivity contribution in [2.24, 2.45) is 0 Å². The van der Waals surface area contributed by atoms with Crippen LogP contribution in [-0.2, 0) is 23.1 Å². The lowest BCUT2D eigenvalue weighted by atomic mass is 10.1. The number of ether oxygens (including phenoxy) is 2. The molecule has 7 heteroatoms. The van der Waals surface area contributed by atoms with Crippen molar-refractivity contribution < 1.29 is 23.1 Å². The van der Waals surface area contributed by atoms with Crippen molar-refractivity contribution in [1.29, 1.82) is 0 Å². The van der Waals surface area contributed by atoms with Gasteiger partial charge in [-0.3, -0.25) is 4.57 Å². The van der Waals surface area contributed by atoms with E-state index in [-0.39, 0.29) is 12.7 Å². The van der Waals surface area contributed by atoms with Crippen LogP contribution in [0.15, 0.2) is 24.3 Å². The highest BCUT2D eigenvalue weighted by atomic mass is 31.2. The second-order valence-corrected chi connectivity index (χ2v) is 17.2. The average molecular weight is 742 g/mol. The minimum atomic E-state index is -3.13. The van der Waals surface area contributed by atoms with Crippen molar-refractivity contribution in [3.05, 3.63) is 24.3 Å². The van der Waals surface area contributed by atoms with Crippen LogP contribution in [0.4, 0.5) is 0 Å². The third-order valence-electron chi connectivity index (χ3n) is 9.47. The summed E-state index contributed by atoms with van der Waals surface area (Å²) < 4.78 is 36.3. The van der Waals surface area contributed by atoms with Crippen LogP contribution in [0.5, 0.6) is 0 Å². The molecule has 0 aliphatic carbocycles. The number of rotatable bonds is 42. The summed E-state index contributed by atoms with van der Waals surface area (Å²) in [5.74, 6) is 0. The van der Waals surface area contributed by atoms with Crippen LogP contribution >= 0.6 is 7.60 Å². The van der Waals surface area contributed by atoms with Gasteiger partial charge in [0.25, 0.3) is 0 Å². The molecule has 0 amide bonds. The molecule has 0 fully saturated rings. The van der Waals surface area contributed by atoms with Gasteiger partial charge in [-0.25, -0.2) is 0 Å². The van der Waals surface area contributed by atoms with Gasteiger partial charge in [0.1, 0.15) is 6.10 Å². The molecule has 0 bridgehead atoms. The normalized spacial score (nSPS) is 14.0. The molecule has 0 aromatic carbocycles. The Morgan fingerprint density at radius 1 is 0.490 bits per heavy atom.